The molecule has 3 heteroatoms. The van der Waals surface area contributed by atoms with E-state index in [-0.39, 0.29) is 11.9 Å². The van der Waals surface area contributed by atoms with Crippen LogP contribution < -0.4 is 5.32 Å². The fourth-order valence-corrected chi connectivity index (χ4v) is 4.00. The summed E-state index contributed by atoms with van der Waals surface area (Å²) in [6.45, 7) is 3.93. The maximum Gasteiger partial charge on any atom is 0.253 e. The summed E-state index contributed by atoms with van der Waals surface area (Å²) in [6.07, 6.45) is 3.19. The highest BCUT2D eigenvalue weighted by atomic mass is 16.1. The summed E-state index contributed by atoms with van der Waals surface area (Å²) in [4.78, 5) is 17.7. The minimum absolute atomic E-state index is 0.0186. The van der Waals surface area contributed by atoms with Gasteiger partial charge >= 0.3 is 0 Å². The van der Waals surface area contributed by atoms with Crippen LogP contribution in [0.1, 0.15) is 51.6 Å². The van der Waals surface area contributed by atoms with Gasteiger partial charge in [-0.05, 0) is 55.9 Å². The predicted octanol–water partition coefficient (Wildman–Crippen LogP) is 4.66. The summed E-state index contributed by atoms with van der Waals surface area (Å²) in [6, 6.07) is 16.5. The molecular formula is C22H22N2O. The Morgan fingerprint density at radius 2 is 1.84 bits per heavy atom. The van der Waals surface area contributed by atoms with Crippen molar-refractivity contribution < 1.29 is 4.79 Å². The number of rotatable bonds is 2. The van der Waals surface area contributed by atoms with Gasteiger partial charge in [0.15, 0.2) is 0 Å². The molecule has 1 N–H and O–H groups in total. The third-order valence-corrected chi connectivity index (χ3v) is 5.23. The highest BCUT2D eigenvalue weighted by Gasteiger charge is 2.24. The molecule has 1 heterocycles. The third kappa shape index (κ3) is 2.80. The van der Waals surface area contributed by atoms with Crippen molar-refractivity contribution in [1.29, 1.82) is 0 Å². The summed E-state index contributed by atoms with van der Waals surface area (Å²) in [5.74, 6) is -0.0186. The quantitative estimate of drug-likeness (QED) is 0.742. The van der Waals surface area contributed by atoms with Crippen molar-refractivity contribution in [1.82, 2.24) is 10.3 Å². The first-order chi connectivity index (χ1) is 12.1. The number of carbonyl (C=O) groups excluding carboxylic acids is 1. The number of aryl methyl sites for hydroxylation is 3. The predicted molar refractivity (Wildman–Crippen MR) is 101 cm³/mol. The molecule has 0 aliphatic heterocycles. The average Bonchev–Trinajstić information content (AvgIpc) is 2.62. The van der Waals surface area contributed by atoms with Crippen molar-refractivity contribution in [2.24, 2.45) is 0 Å². The maximum absolute atomic E-state index is 13.1. The molecule has 2 aromatic carbocycles. The lowest BCUT2D eigenvalue weighted by Crippen LogP contribution is -2.32. The number of nitrogens with one attached hydrogen (secondary N) is 1. The summed E-state index contributed by atoms with van der Waals surface area (Å²) < 4.78 is 0. The number of fused-ring (bicyclic) bond motifs is 2. The van der Waals surface area contributed by atoms with Gasteiger partial charge in [0.2, 0.25) is 0 Å². The molecule has 126 valence electrons. The largest absolute Gasteiger partial charge is 0.345 e. The van der Waals surface area contributed by atoms with Gasteiger partial charge in [0.1, 0.15) is 0 Å². The van der Waals surface area contributed by atoms with Crippen molar-refractivity contribution in [3.05, 3.63) is 76.5 Å². The maximum atomic E-state index is 13.1. The van der Waals surface area contributed by atoms with E-state index in [9.17, 15) is 4.79 Å². The van der Waals surface area contributed by atoms with E-state index in [1.54, 1.807) is 0 Å². The van der Waals surface area contributed by atoms with Gasteiger partial charge in [-0.2, -0.15) is 0 Å². The van der Waals surface area contributed by atoms with Crippen molar-refractivity contribution in [3.8, 4) is 0 Å². The minimum Gasteiger partial charge on any atom is -0.345 e. The number of benzene rings is 2. The average molecular weight is 330 g/mol. The molecule has 4 rings (SSSR count). The summed E-state index contributed by atoms with van der Waals surface area (Å²) in [5, 5.41) is 4.30. The Bertz CT molecular complexity index is 961. The number of nitrogens with zero attached hydrogens (tertiary/aromatic N) is 1. The molecule has 0 saturated carbocycles. The molecule has 0 bridgehead atoms. The molecule has 3 nitrogen and oxygen atoms in total. The minimum atomic E-state index is -0.0186. The monoisotopic (exact) mass is 330 g/mol. The first-order valence-electron chi connectivity index (χ1n) is 8.90. The molecule has 1 amide bonds. The molecule has 1 aliphatic carbocycles. The van der Waals surface area contributed by atoms with E-state index in [4.69, 9.17) is 0 Å². The number of amides is 1. The zero-order chi connectivity index (χ0) is 17.4. The normalized spacial score (nSPS) is 16.5. The molecule has 1 aromatic heterocycles. The standard InChI is InChI=1S/C22H22N2O/c1-14-17-10-5-6-12-19(17)23-15(2)21(14)22(25)24-20-13-7-9-16-8-3-4-11-18(16)20/h3-6,8,10-12,20H,7,9,13H2,1-2H3,(H,24,25)/t20-/m0/s1. The van der Waals surface area contributed by atoms with Crippen molar-refractivity contribution in [2.75, 3.05) is 0 Å². The Labute approximate surface area is 148 Å². The van der Waals surface area contributed by atoms with Crippen LogP contribution in [0, 0.1) is 13.8 Å². The molecule has 3 aromatic rings. The van der Waals surface area contributed by atoms with Crippen LogP contribution in [0.2, 0.25) is 0 Å². The Morgan fingerprint density at radius 3 is 2.72 bits per heavy atom. The van der Waals surface area contributed by atoms with Gasteiger partial charge in [-0.25, -0.2) is 0 Å². The third-order valence-electron chi connectivity index (χ3n) is 5.23. The smallest absolute Gasteiger partial charge is 0.253 e. The van der Waals surface area contributed by atoms with Crippen LogP contribution in [0.3, 0.4) is 0 Å². The van der Waals surface area contributed by atoms with Gasteiger partial charge in [-0.3, -0.25) is 9.78 Å². The van der Waals surface area contributed by atoms with Gasteiger partial charge < -0.3 is 5.32 Å². The molecule has 1 aliphatic rings. The lowest BCUT2D eigenvalue weighted by molar-refractivity contribution is 0.0931. The lowest BCUT2D eigenvalue weighted by atomic mass is 9.87. The fraction of sp³-hybridized carbons (Fsp3) is 0.273. The zero-order valence-corrected chi connectivity index (χ0v) is 14.7. The number of hydrogen-bond donors (Lipinski definition) is 1. The molecule has 0 saturated heterocycles. The van der Waals surface area contributed by atoms with Gasteiger partial charge in [0, 0.05) is 5.39 Å². The van der Waals surface area contributed by atoms with E-state index in [0.29, 0.717) is 5.56 Å². The fourth-order valence-electron chi connectivity index (χ4n) is 4.00. The first kappa shape index (κ1) is 15.8. The van der Waals surface area contributed by atoms with Crippen LogP contribution >= 0.6 is 0 Å². The highest BCUT2D eigenvalue weighted by molar-refractivity contribution is 6.01. The molecule has 0 radical (unpaired) electrons. The highest BCUT2D eigenvalue weighted by Crippen LogP contribution is 2.30. The Morgan fingerprint density at radius 1 is 1.08 bits per heavy atom. The summed E-state index contributed by atoms with van der Waals surface area (Å²) >= 11 is 0. The number of hydrogen-bond acceptors (Lipinski definition) is 2. The number of aromatic nitrogens is 1. The van der Waals surface area contributed by atoms with E-state index < -0.39 is 0 Å². The second kappa shape index (κ2) is 6.32. The van der Waals surface area contributed by atoms with E-state index in [1.807, 2.05) is 38.1 Å². The summed E-state index contributed by atoms with van der Waals surface area (Å²) in [5.41, 5.74) is 6.05. The van der Waals surface area contributed by atoms with E-state index in [0.717, 1.165) is 41.4 Å². The molecular weight excluding hydrogens is 308 g/mol. The van der Waals surface area contributed by atoms with Crippen LogP contribution in [-0.2, 0) is 6.42 Å². The molecule has 0 fully saturated rings. The second-order valence-corrected chi connectivity index (χ2v) is 6.83. The molecule has 25 heavy (non-hydrogen) atoms. The molecule has 0 spiro atoms. The molecule has 1 atom stereocenters. The lowest BCUT2D eigenvalue weighted by Gasteiger charge is -2.27. The SMILES string of the molecule is Cc1nc2ccccc2c(C)c1C(=O)N[C@H]1CCCc2ccccc21. The van der Waals surface area contributed by atoms with E-state index >= 15 is 0 Å². The Balaban J connectivity index is 1.70. The Hall–Kier alpha value is -2.68. The van der Waals surface area contributed by atoms with Gasteiger partial charge in [-0.1, -0.05) is 42.5 Å². The van der Waals surface area contributed by atoms with Gasteiger partial charge in [0.05, 0.1) is 22.8 Å². The molecule has 0 unspecified atom stereocenters. The van der Waals surface area contributed by atoms with Gasteiger partial charge in [0.25, 0.3) is 5.91 Å². The van der Waals surface area contributed by atoms with Crippen molar-refractivity contribution >= 4 is 16.8 Å². The van der Waals surface area contributed by atoms with Crippen LogP contribution in [-0.4, -0.2) is 10.9 Å². The zero-order valence-electron chi connectivity index (χ0n) is 14.7. The van der Waals surface area contributed by atoms with Crippen LogP contribution in [0.5, 0.6) is 0 Å². The van der Waals surface area contributed by atoms with Crippen LogP contribution in [0.25, 0.3) is 10.9 Å². The van der Waals surface area contributed by atoms with Crippen LogP contribution in [0.15, 0.2) is 48.5 Å². The second-order valence-electron chi connectivity index (χ2n) is 6.83. The van der Waals surface area contributed by atoms with Crippen molar-refractivity contribution in [3.63, 3.8) is 0 Å². The first-order valence-corrected chi connectivity index (χ1v) is 8.90. The topological polar surface area (TPSA) is 42.0 Å². The Kier molecular flexibility index (Phi) is 4.00. The number of carbonyl (C=O) groups is 1. The van der Waals surface area contributed by atoms with Crippen molar-refractivity contribution in [2.45, 2.75) is 39.2 Å². The number of pyridine rings is 1. The van der Waals surface area contributed by atoms with E-state index in [2.05, 4.69) is 34.6 Å². The summed E-state index contributed by atoms with van der Waals surface area (Å²) in [7, 11) is 0. The van der Waals surface area contributed by atoms with Gasteiger partial charge in [-0.15, -0.1) is 0 Å². The van der Waals surface area contributed by atoms with E-state index in [1.165, 1.54) is 11.1 Å². The van der Waals surface area contributed by atoms with Crippen LogP contribution in [0.4, 0.5) is 0 Å². The number of para-hydroxylation sites is 1.